The highest BCUT2D eigenvalue weighted by Gasteiger charge is 2.29. The lowest BCUT2D eigenvalue weighted by Crippen LogP contribution is -2.36. The Morgan fingerprint density at radius 2 is 1.83 bits per heavy atom. The van der Waals surface area contributed by atoms with Gasteiger partial charge in [0.25, 0.3) is 5.69 Å². The maximum Gasteiger partial charge on any atom is 0.287 e. The van der Waals surface area contributed by atoms with Crippen LogP contribution in [0.2, 0.25) is 0 Å². The Labute approximate surface area is 202 Å². The van der Waals surface area contributed by atoms with Gasteiger partial charge < -0.3 is 21.7 Å². The Morgan fingerprint density at radius 3 is 2.49 bits per heavy atom. The summed E-state index contributed by atoms with van der Waals surface area (Å²) in [6, 6.07) is 12.6. The van der Waals surface area contributed by atoms with Gasteiger partial charge in [-0.25, -0.2) is 15.0 Å². The first kappa shape index (κ1) is 24.0. The fraction of sp³-hybridized carbons (Fsp3) is 0.333. The van der Waals surface area contributed by atoms with Crippen LogP contribution in [-0.4, -0.2) is 52.0 Å². The summed E-state index contributed by atoms with van der Waals surface area (Å²) in [5, 5.41) is 20.3. The summed E-state index contributed by atoms with van der Waals surface area (Å²) in [4.78, 5) is 35.3. The Kier molecular flexibility index (Phi) is 7.78. The van der Waals surface area contributed by atoms with Gasteiger partial charge in [-0.1, -0.05) is 24.3 Å². The van der Waals surface area contributed by atoms with Crippen LogP contribution in [0.25, 0.3) is 11.3 Å². The van der Waals surface area contributed by atoms with E-state index < -0.39 is 4.92 Å². The molecule has 1 fully saturated rings. The lowest BCUT2D eigenvalue weighted by Gasteiger charge is -2.29. The number of pyridine rings is 1. The second-order valence-corrected chi connectivity index (χ2v) is 8.37. The van der Waals surface area contributed by atoms with E-state index in [4.69, 9.17) is 5.73 Å². The van der Waals surface area contributed by atoms with Crippen molar-refractivity contribution in [2.24, 2.45) is 11.7 Å². The van der Waals surface area contributed by atoms with Gasteiger partial charge in [-0.15, -0.1) is 0 Å². The molecule has 1 aliphatic rings. The van der Waals surface area contributed by atoms with E-state index in [1.807, 2.05) is 30.3 Å². The molecule has 0 bridgehead atoms. The number of aromatic nitrogens is 3. The minimum absolute atomic E-state index is 0.0524. The van der Waals surface area contributed by atoms with Gasteiger partial charge in [0.1, 0.15) is 12.0 Å². The molecule has 11 heteroatoms. The lowest BCUT2D eigenvalue weighted by atomic mass is 9.80. The number of hydrogen-bond donors (Lipinski definition) is 4. The summed E-state index contributed by atoms with van der Waals surface area (Å²) < 4.78 is 0. The molecule has 182 valence electrons. The third-order valence-electron chi connectivity index (χ3n) is 6.06. The fourth-order valence-electron chi connectivity index (χ4n) is 4.28. The van der Waals surface area contributed by atoms with Gasteiger partial charge >= 0.3 is 0 Å². The summed E-state index contributed by atoms with van der Waals surface area (Å²) in [6.07, 6.45) is 4.77. The molecule has 35 heavy (non-hydrogen) atoms. The average molecular weight is 477 g/mol. The first-order valence-electron chi connectivity index (χ1n) is 11.5. The first-order valence-corrected chi connectivity index (χ1v) is 11.5. The summed E-state index contributed by atoms with van der Waals surface area (Å²) in [6.45, 7) is 2.86. The molecule has 4 rings (SSSR count). The largest absolute Gasteiger partial charge is 0.369 e. The van der Waals surface area contributed by atoms with Crippen molar-refractivity contribution in [3.8, 4) is 11.3 Å². The molecule has 1 atom stereocenters. The zero-order valence-corrected chi connectivity index (χ0v) is 19.2. The fourth-order valence-corrected chi connectivity index (χ4v) is 4.28. The molecule has 3 aromatic rings. The van der Waals surface area contributed by atoms with Crippen LogP contribution in [0, 0.1) is 16.0 Å². The maximum atomic E-state index is 12.2. The number of nitrogens with one attached hydrogen (secondary N) is 3. The molecule has 0 radical (unpaired) electrons. The van der Waals surface area contributed by atoms with Crippen LogP contribution in [0.15, 0.2) is 54.9 Å². The number of nitro groups is 1. The van der Waals surface area contributed by atoms with Crippen molar-refractivity contribution in [2.75, 3.05) is 36.8 Å². The molecule has 1 unspecified atom stereocenters. The SMILES string of the molecule is NC(=O)C(c1ccc(-c2ccnc(NCCNc3ccc([N+](=O)[O-])cn3)n2)cc1)C1CCNCC1. The molecule has 3 heterocycles. The van der Waals surface area contributed by atoms with E-state index in [2.05, 4.69) is 30.9 Å². The molecule has 5 N–H and O–H groups in total. The summed E-state index contributed by atoms with van der Waals surface area (Å²) in [7, 11) is 0. The average Bonchev–Trinajstić information content (AvgIpc) is 2.88. The third kappa shape index (κ3) is 6.27. The van der Waals surface area contributed by atoms with Gasteiger partial charge in [0, 0.05) is 30.9 Å². The van der Waals surface area contributed by atoms with Crippen LogP contribution in [0.5, 0.6) is 0 Å². The predicted octanol–water partition coefficient (Wildman–Crippen LogP) is 2.54. The Bertz CT molecular complexity index is 1150. The van der Waals surface area contributed by atoms with Crippen molar-refractivity contribution in [1.29, 1.82) is 0 Å². The number of carbonyl (C=O) groups is 1. The molecular formula is C24H28N8O3. The number of nitrogens with zero attached hydrogens (tertiary/aromatic N) is 4. The Balaban J connectivity index is 1.34. The van der Waals surface area contributed by atoms with Gasteiger partial charge in [-0.2, -0.15) is 0 Å². The van der Waals surface area contributed by atoms with E-state index >= 15 is 0 Å². The molecule has 0 spiro atoms. The normalized spacial score (nSPS) is 14.7. The number of anilines is 2. The van der Waals surface area contributed by atoms with Gasteiger partial charge in [0.2, 0.25) is 11.9 Å². The number of primary amides is 1. The minimum Gasteiger partial charge on any atom is -0.369 e. The van der Waals surface area contributed by atoms with Crippen molar-refractivity contribution in [1.82, 2.24) is 20.3 Å². The second kappa shape index (κ2) is 11.3. The lowest BCUT2D eigenvalue weighted by molar-refractivity contribution is -0.385. The summed E-state index contributed by atoms with van der Waals surface area (Å²) >= 11 is 0. The van der Waals surface area contributed by atoms with Crippen molar-refractivity contribution in [2.45, 2.75) is 18.8 Å². The highest BCUT2D eigenvalue weighted by atomic mass is 16.6. The van der Waals surface area contributed by atoms with Gasteiger partial charge in [0.15, 0.2) is 0 Å². The Hall–Kier alpha value is -4.12. The third-order valence-corrected chi connectivity index (χ3v) is 6.06. The zero-order chi connectivity index (χ0) is 24.6. The van der Waals surface area contributed by atoms with Crippen LogP contribution >= 0.6 is 0 Å². The predicted molar refractivity (Wildman–Crippen MR) is 133 cm³/mol. The number of amides is 1. The molecule has 1 aliphatic heterocycles. The molecule has 11 nitrogen and oxygen atoms in total. The summed E-state index contributed by atoms with van der Waals surface area (Å²) in [5.41, 5.74) is 8.32. The van der Waals surface area contributed by atoms with Crippen LogP contribution in [0.4, 0.5) is 17.5 Å². The number of carbonyl (C=O) groups excluding carboxylic acids is 1. The van der Waals surface area contributed by atoms with E-state index in [9.17, 15) is 14.9 Å². The van der Waals surface area contributed by atoms with E-state index in [0.29, 0.717) is 24.9 Å². The molecular weight excluding hydrogens is 448 g/mol. The molecule has 1 aromatic carbocycles. The molecule has 0 aliphatic carbocycles. The second-order valence-electron chi connectivity index (χ2n) is 8.37. The van der Waals surface area contributed by atoms with E-state index in [1.165, 1.54) is 12.3 Å². The van der Waals surface area contributed by atoms with Crippen LogP contribution < -0.4 is 21.7 Å². The van der Waals surface area contributed by atoms with Crippen molar-refractivity contribution in [3.63, 3.8) is 0 Å². The van der Waals surface area contributed by atoms with E-state index in [1.54, 1.807) is 12.3 Å². The number of hydrogen-bond acceptors (Lipinski definition) is 9. The molecule has 1 saturated heterocycles. The van der Waals surface area contributed by atoms with Crippen molar-refractivity contribution in [3.05, 3.63) is 70.5 Å². The first-order chi connectivity index (χ1) is 17.0. The van der Waals surface area contributed by atoms with E-state index in [0.717, 1.165) is 42.8 Å². The van der Waals surface area contributed by atoms with Crippen LogP contribution in [0.1, 0.15) is 24.3 Å². The highest BCUT2D eigenvalue weighted by Crippen LogP contribution is 2.32. The molecule has 2 aromatic heterocycles. The van der Waals surface area contributed by atoms with Crippen LogP contribution in [0.3, 0.4) is 0 Å². The quantitative estimate of drug-likeness (QED) is 0.196. The monoisotopic (exact) mass is 476 g/mol. The molecule has 0 saturated carbocycles. The zero-order valence-electron chi connectivity index (χ0n) is 19.2. The topological polar surface area (TPSA) is 161 Å². The van der Waals surface area contributed by atoms with Gasteiger partial charge in [-0.3, -0.25) is 14.9 Å². The van der Waals surface area contributed by atoms with Crippen molar-refractivity contribution < 1.29 is 9.72 Å². The highest BCUT2D eigenvalue weighted by molar-refractivity contribution is 5.82. The number of nitrogens with two attached hydrogens (primary N) is 1. The Morgan fingerprint density at radius 1 is 1.09 bits per heavy atom. The minimum atomic E-state index is -0.485. The van der Waals surface area contributed by atoms with Gasteiger partial charge in [-0.05, 0) is 49.5 Å². The molecule has 1 amide bonds. The van der Waals surface area contributed by atoms with Crippen LogP contribution in [-0.2, 0) is 4.79 Å². The van der Waals surface area contributed by atoms with E-state index in [-0.39, 0.29) is 23.4 Å². The maximum absolute atomic E-state index is 12.2. The number of benzene rings is 1. The number of piperidine rings is 1. The van der Waals surface area contributed by atoms with Crippen molar-refractivity contribution >= 4 is 23.4 Å². The van der Waals surface area contributed by atoms with Gasteiger partial charge in [0.05, 0.1) is 16.5 Å². The summed E-state index contributed by atoms with van der Waals surface area (Å²) in [5.74, 6) is 0.715. The standard InChI is InChI=1S/C24H28N8O3/c25-23(33)22(18-7-10-26-11-8-18)17-3-1-16(2-4-17)20-9-12-28-24(31-20)29-14-13-27-21-6-5-19(15-30-21)32(34)35/h1-6,9,12,15,18,22,26H,7-8,10-11,13-14H2,(H2,25,33)(H,27,30)(H,28,29,31). The number of rotatable bonds is 10. The smallest absolute Gasteiger partial charge is 0.287 e.